The Balaban J connectivity index is 2.24. The van der Waals surface area contributed by atoms with E-state index in [9.17, 15) is 0 Å². The molecule has 0 fully saturated rings. The molecule has 0 atom stereocenters. The molecular weight excluding hydrogens is 252 g/mol. The van der Waals surface area contributed by atoms with Crippen molar-refractivity contribution in [3.05, 3.63) is 54.1 Å². The summed E-state index contributed by atoms with van der Waals surface area (Å²) < 4.78 is 5.21. The molecule has 0 saturated carbocycles. The minimum Gasteiger partial charge on any atom is -0.497 e. The average Bonchev–Trinajstić information content (AvgIpc) is 2.39. The predicted octanol–water partition coefficient (Wildman–Crippen LogP) is 4.59. The van der Waals surface area contributed by atoms with Gasteiger partial charge in [-0.1, -0.05) is 36.0 Å². The second-order valence-corrected chi connectivity index (χ2v) is 4.91. The molecule has 0 unspecified atom stereocenters. The Bertz CT molecular complexity index is 499. The predicted molar refractivity (Wildman–Crippen MR) is 73.1 cm³/mol. The summed E-state index contributed by atoms with van der Waals surface area (Å²) in [6, 6.07) is 16.2. The van der Waals surface area contributed by atoms with Crippen LogP contribution in [0, 0.1) is 0 Å². The molecule has 1 nitrogen and oxygen atoms in total. The highest BCUT2D eigenvalue weighted by Gasteiger charge is 2.03. The van der Waals surface area contributed by atoms with E-state index >= 15 is 0 Å². The number of rotatable bonds is 4. The monoisotopic (exact) mass is 264 g/mol. The van der Waals surface area contributed by atoms with E-state index in [0.29, 0.717) is 5.88 Å². The van der Waals surface area contributed by atoms with Crippen LogP contribution in [-0.2, 0) is 5.88 Å². The van der Waals surface area contributed by atoms with Gasteiger partial charge in [0.25, 0.3) is 0 Å². The Morgan fingerprint density at radius 1 is 1.12 bits per heavy atom. The Hall–Kier alpha value is -1.12. The third-order valence-corrected chi connectivity index (χ3v) is 3.78. The molecule has 0 aliphatic heterocycles. The van der Waals surface area contributed by atoms with E-state index in [1.54, 1.807) is 18.9 Å². The van der Waals surface area contributed by atoms with Crippen molar-refractivity contribution in [3.63, 3.8) is 0 Å². The molecule has 0 aromatic heterocycles. The summed E-state index contributed by atoms with van der Waals surface area (Å²) in [6.45, 7) is 0. The summed E-state index contributed by atoms with van der Waals surface area (Å²) in [4.78, 5) is 2.35. The summed E-state index contributed by atoms with van der Waals surface area (Å²) in [5.41, 5.74) is 1.15. The van der Waals surface area contributed by atoms with E-state index in [4.69, 9.17) is 16.3 Å². The second kappa shape index (κ2) is 5.99. The number of hydrogen-bond donors (Lipinski definition) is 0. The average molecular weight is 265 g/mol. The molecule has 2 aromatic rings. The lowest BCUT2D eigenvalue weighted by Gasteiger charge is -2.07. The van der Waals surface area contributed by atoms with Crippen LogP contribution in [0.4, 0.5) is 0 Å². The lowest BCUT2D eigenvalue weighted by atomic mass is 10.2. The van der Waals surface area contributed by atoms with Gasteiger partial charge < -0.3 is 4.74 Å². The van der Waals surface area contributed by atoms with Crippen LogP contribution in [0.15, 0.2) is 58.3 Å². The molecule has 0 amide bonds. The van der Waals surface area contributed by atoms with Crippen LogP contribution in [0.1, 0.15) is 5.56 Å². The van der Waals surface area contributed by atoms with E-state index in [1.807, 2.05) is 30.3 Å². The minimum atomic E-state index is 0.535. The first-order chi connectivity index (χ1) is 8.33. The van der Waals surface area contributed by atoms with Gasteiger partial charge in [0.15, 0.2) is 0 Å². The van der Waals surface area contributed by atoms with Crippen LogP contribution in [0.25, 0.3) is 0 Å². The van der Waals surface area contributed by atoms with Crippen molar-refractivity contribution in [1.29, 1.82) is 0 Å². The quantitative estimate of drug-likeness (QED) is 0.748. The second-order valence-electron chi connectivity index (χ2n) is 3.52. The molecular formula is C14H13ClOS. The Morgan fingerprint density at radius 3 is 2.71 bits per heavy atom. The lowest BCUT2D eigenvalue weighted by molar-refractivity contribution is 0.413. The van der Waals surface area contributed by atoms with Crippen LogP contribution in [0.3, 0.4) is 0 Å². The summed E-state index contributed by atoms with van der Waals surface area (Å²) in [5.74, 6) is 1.41. The van der Waals surface area contributed by atoms with Crippen molar-refractivity contribution in [2.24, 2.45) is 0 Å². The van der Waals surface area contributed by atoms with Crippen molar-refractivity contribution in [2.75, 3.05) is 7.11 Å². The van der Waals surface area contributed by atoms with Gasteiger partial charge in [-0.05, 0) is 29.8 Å². The summed E-state index contributed by atoms with van der Waals surface area (Å²) in [6.07, 6.45) is 0. The third kappa shape index (κ3) is 3.18. The van der Waals surface area contributed by atoms with Gasteiger partial charge in [0.2, 0.25) is 0 Å². The topological polar surface area (TPSA) is 9.23 Å². The summed E-state index contributed by atoms with van der Waals surface area (Å²) in [5, 5.41) is 0. The van der Waals surface area contributed by atoms with Crippen LogP contribution < -0.4 is 4.74 Å². The molecule has 3 heteroatoms. The van der Waals surface area contributed by atoms with E-state index in [0.717, 1.165) is 16.2 Å². The maximum atomic E-state index is 5.92. The summed E-state index contributed by atoms with van der Waals surface area (Å²) >= 11 is 7.62. The van der Waals surface area contributed by atoms with Crippen molar-refractivity contribution >= 4 is 23.4 Å². The molecule has 0 spiro atoms. The maximum Gasteiger partial charge on any atom is 0.119 e. The van der Waals surface area contributed by atoms with Gasteiger partial charge in [-0.15, -0.1) is 11.6 Å². The molecule has 0 N–H and O–H groups in total. The van der Waals surface area contributed by atoms with Crippen molar-refractivity contribution < 1.29 is 4.74 Å². The highest BCUT2D eigenvalue weighted by Crippen LogP contribution is 2.32. The SMILES string of the molecule is COc1cccc(Sc2ccccc2CCl)c1. The van der Waals surface area contributed by atoms with Gasteiger partial charge in [-0.2, -0.15) is 0 Å². The Morgan fingerprint density at radius 2 is 1.94 bits per heavy atom. The standard InChI is InChI=1S/C14H13ClOS/c1-16-12-6-4-7-13(9-12)17-14-8-3-2-5-11(14)10-15/h2-9H,10H2,1H3. The number of hydrogen-bond acceptors (Lipinski definition) is 2. The summed E-state index contributed by atoms with van der Waals surface area (Å²) in [7, 11) is 1.68. The van der Waals surface area contributed by atoms with Crippen molar-refractivity contribution in [2.45, 2.75) is 15.7 Å². The molecule has 0 saturated heterocycles. The van der Waals surface area contributed by atoms with Crippen LogP contribution in [0.2, 0.25) is 0 Å². The third-order valence-electron chi connectivity index (χ3n) is 2.39. The van der Waals surface area contributed by atoms with Crippen LogP contribution >= 0.6 is 23.4 Å². The van der Waals surface area contributed by atoms with Gasteiger partial charge in [0.05, 0.1) is 7.11 Å². The fourth-order valence-corrected chi connectivity index (χ4v) is 2.81. The molecule has 2 aromatic carbocycles. The Labute approximate surface area is 111 Å². The Kier molecular flexibility index (Phi) is 4.35. The first kappa shape index (κ1) is 12.3. The zero-order valence-electron chi connectivity index (χ0n) is 9.52. The molecule has 17 heavy (non-hydrogen) atoms. The first-order valence-corrected chi connectivity index (χ1v) is 6.64. The van der Waals surface area contributed by atoms with Crippen molar-refractivity contribution in [3.8, 4) is 5.75 Å². The lowest BCUT2D eigenvalue weighted by Crippen LogP contribution is -1.84. The highest BCUT2D eigenvalue weighted by molar-refractivity contribution is 7.99. The molecule has 2 rings (SSSR count). The largest absolute Gasteiger partial charge is 0.497 e. The molecule has 88 valence electrons. The van der Waals surface area contributed by atoms with Gasteiger partial charge in [-0.3, -0.25) is 0 Å². The van der Waals surface area contributed by atoms with E-state index in [2.05, 4.69) is 18.2 Å². The van der Waals surface area contributed by atoms with Gasteiger partial charge in [-0.25, -0.2) is 0 Å². The van der Waals surface area contributed by atoms with Gasteiger partial charge in [0, 0.05) is 15.7 Å². The number of methoxy groups -OCH3 is 1. The number of halogens is 1. The molecule has 0 radical (unpaired) electrons. The van der Waals surface area contributed by atoms with E-state index in [-0.39, 0.29) is 0 Å². The van der Waals surface area contributed by atoms with Crippen LogP contribution in [0.5, 0.6) is 5.75 Å². The fraction of sp³-hybridized carbons (Fsp3) is 0.143. The zero-order chi connectivity index (χ0) is 12.1. The van der Waals surface area contributed by atoms with Gasteiger partial charge in [0.1, 0.15) is 5.75 Å². The van der Waals surface area contributed by atoms with Crippen molar-refractivity contribution in [1.82, 2.24) is 0 Å². The minimum absolute atomic E-state index is 0.535. The number of benzene rings is 2. The van der Waals surface area contributed by atoms with E-state index < -0.39 is 0 Å². The van der Waals surface area contributed by atoms with E-state index in [1.165, 1.54) is 4.90 Å². The fourth-order valence-electron chi connectivity index (χ4n) is 1.51. The normalized spacial score (nSPS) is 10.2. The zero-order valence-corrected chi connectivity index (χ0v) is 11.1. The maximum absolute atomic E-state index is 5.92. The highest BCUT2D eigenvalue weighted by atomic mass is 35.5. The number of ether oxygens (including phenoxy) is 1. The molecule has 0 aliphatic carbocycles. The number of alkyl halides is 1. The molecule has 0 heterocycles. The first-order valence-electron chi connectivity index (χ1n) is 5.29. The molecule has 0 bridgehead atoms. The van der Waals surface area contributed by atoms with Crippen LogP contribution in [-0.4, -0.2) is 7.11 Å². The van der Waals surface area contributed by atoms with Gasteiger partial charge >= 0.3 is 0 Å². The smallest absolute Gasteiger partial charge is 0.119 e. The molecule has 0 aliphatic rings.